The van der Waals surface area contributed by atoms with Crippen LogP contribution in [-0.2, 0) is 17.8 Å². The van der Waals surface area contributed by atoms with E-state index in [1.54, 1.807) is 18.2 Å². The van der Waals surface area contributed by atoms with Gasteiger partial charge in [-0.1, -0.05) is 12.1 Å². The quantitative estimate of drug-likeness (QED) is 0.760. The Morgan fingerprint density at radius 2 is 1.82 bits per heavy atom. The van der Waals surface area contributed by atoms with E-state index < -0.39 is 0 Å². The number of hydrogen-bond donors (Lipinski definition) is 1. The van der Waals surface area contributed by atoms with Crippen LogP contribution in [0.4, 0.5) is 0 Å². The number of rotatable bonds is 5. The van der Waals surface area contributed by atoms with Crippen molar-refractivity contribution in [2.45, 2.75) is 33.2 Å². The van der Waals surface area contributed by atoms with Crippen LogP contribution in [0.15, 0.2) is 30.3 Å². The van der Waals surface area contributed by atoms with Gasteiger partial charge in [0.1, 0.15) is 0 Å². The van der Waals surface area contributed by atoms with Gasteiger partial charge in [-0.25, -0.2) is 0 Å². The van der Waals surface area contributed by atoms with Gasteiger partial charge in [0, 0.05) is 38.3 Å². The summed E-state index contributed by atoms with van der Waals surface area (Å²) in [4.78, 5) is 29.9. The molecule has 1 atom stereocenters. The lowest BCUT2D eigenvalue weighted by Gasteiger charge is -2.31. The van der Waals surface area contributed by atoms with Crippen LogP contribution < -0.4 is 14.8 Å². The highest BCUT2D eigenvalue weighted by atomic mass is 16.7. The minimum atomic E-state index is -0.127. The van der Waals surface area contributed by atoms with Crippen LogP contribution in [0.25, 0.3) is 0 Å². The summed E-state index contributed by atoms with van der Waals surface area (Å²) in [6.07, 6.45) is 1.82. The fraction of sp³-hybridized carbons (Fsp3) is 0.462. The maximum Gasteiger partial charge on any atom is 0.251 e. The monoisotopic (exact) mass is 449 g/mol. The lowest BCUT2D eigenvalue weighted by atomic mass is 9.94. The van der Waals surface area contributed by atoms with Crippen molar-refractivity contribution in [3.05, 3.63) is 58.1 Å². The first-order chi connectivity index (χ1) is 16.0. The van der Waals surface area contributed by atoms with Gasteiger partial charge in [0.2, 0.25) is 12.7 Å². The molecule has 3 heterocycles. The first kappa shape index (κ1) is 21.8. The highest BCUT2D eigenvalue weighted by Gasteiger charge is 2.32. The maximum absolute atomic E-state index is 13.2. The number of likely N-dealkylation sites (tertiary alicyclic amines) is 1. The summed E-state index contributed by atoms with van der Waals surface area (Å²) in [7, 11) is 0. The van der Waals surface area contributed by atoms with E-state index in [1.807, 2.05) is 4.90 Å². The Balaban J connectivity index is 1.09. The minimum Gasteiger partial charge on any atom is -0.454 e. The third-order valence-electron chi connectivity index (χ3n) is 7.11. The van der Waals surface area contributed by atoms with Crippen LogP contribution in [0.1, 0.15) is 39.0 Å². The van der Waals surface area contributed by atoms with Gasteiger partial charge in [-0.3, -0.25) is 9.59 Å². The predicted molar refractivity (Wildman–Crippen MR) is 124 cm³/mol. The molecule has 7 nitrogen and oxygen atoms in total. The molecule has 5 rings (SSSR count). The standard InChI is InChI=1S/C26H31N3O4/c1-17-11-19-6-9-29(15-22(19)12-18(17)2)26(31)21-5-8-28(14-21)10-7-27-25(30)20-3-4-23-24(13-20)33-16-32-23/h3-4,11-13,21H,5-10,14-16H2,1-2H3,(H,27,30)/t21-/m1/s1. The Morgan fingerprint density at radius 1 is 1.03 bits per heavy atom. The Hall–Kier alpha value is -3.06. The van der Waals surface area contributed by atoms with Crippen molar-refractivity contribution in [3.63, 3.8) is 0 Å². The van der Waals surface area contributed by atoms with E-state index in [0.29, 0.717) is 23.6 Å². The summed E-state index contributed by atoms with van der Waals surface area (Å²) in [5, 5.41) is 2.97. The molecule has 2 amide bonds. The lowest BCUT2D eigenvalue weighted by Crippen LogP contribution is -2.41. The van der Waals surface area contributed by atoms with Crippen LogP contribution in [0.3, 0.4) is 0 Å². The molecule has 1 N–H and O–H groups in total. The zero-order chi connectivity index (χ0) is 22.9. The molecule has 2 aromatic carbocycles. The van der Waals surface area contributed by atoms with Gasteiger partial charge in [-0.2, -0.15) is 0 Å². The number of aryl methyl sites for hydroxylation is 2. The second-order valence-corrected chi connectivity index (χ2v) is 9.33. The molecule has 7 heteroatoms. The zero-order valence-corrected chi connectivity index (χ0v) is 19.4. The third kappa shape index (κ3) is 4.55. The Morgan fingerprint density at radius 3 is 2.67 bits per heavy atom. The number of amides is 2. The molecule has 0 spiro atoms. The number of nitrogens with one attached hydrogen (secondary N) is 1. The molecule has 3 aliphatic heterocycles. The average molecular weight is 450 g/mol. The largest absolute Gasteiger partial charge is 0.454 e. The van der Waals surface area contributed by atoms with E-state index >= 15 is 0 Å². The van der Waals surface area contributed by atoms with Crippen molar-refractivity contribution in [2.24, 2.45) is 5.92 Å². The third-order valence-corrected chi connectivity index (χ3v) is 7.11. The van der Waals surface area contributed by atoms with E-state index in [-0.39, 0.29) is 24.5 Å². The van der Waals surface area contributed by atoms with Crippen molar-refractivity contribution >= 4 is 11.8 Å². The van der Waals surface area contributed by atoms with Gasteiger partial charge in [0.15, 0.2) is 11.5 Å². The molecule has 0 unspecified atom stereocenters. The summed E-state index contributed by atoms with van der Waals surface area (Å²) in [6.45, 7) is 8.93. The van der Waals surface area contributed by atoms with Crippen molar-refractivity contribution < 1.29 is 19.1 Å². The van der Waals surface area contributed by atoms with Crippen molar-refractivity contribution in [1.82, 2.24) is 15.1 Å². The second-order valence-electron chi connectivity index (χ2n) is 9.33. The molecule has 1 fully saturated rings. The lowest BCUT2D eigenvalue weighted by molar-refractivity contribution is -0.136. The van der Waals surface area contributed by atoms with Gasteiger partial charge >= 0.3 is 0 Å². The van der Waals surface area contributed by atoms with Crippen molar-refractivity contribution in [3.8, 4) is 11.5 Å². The number of fused-ring (bicyclic) bond motifs is 2. The smallest absolute Gasteiger partial charge is 0.251 e. The molecule has 3 aliphatic rings. The van der Waals surface area contributed by atoms with Crippen LogP contribution in [0.2, 0.25) is 0 Å². The maximum atomic E-state index is 13.2. The van der Waals surface area contributed by atoms with Gasteiger partial charge in [0.05, 0.1) is 5.92 Å². The number of benzene rings is 2. The molecule has 0 bridgehead atoms. The molecule has 2 aromatic rings. The number of ether oxygens (including phenoxy) is 2. The van der Waals surface area contributed by atoms with E-state index in [9.17, 15) is 9.59 Å². The van der Waals surface area contributed by atoms with E-state index in [0.717, 1.165) is 45.6 Å². The Kier molecular flexibility index (Phi) is 5.98. The van der Waals surface area contributed by atoms with Crippen LogP contribution in [0, 0.1) is 19.8 Å². The second kappa shape index (κ2) is 9.06. The summed E-state index contributed by atoms with van der Waals surface area (Å²) in [5.74, 6) is 1.46. The first-order valence-corrected chi connectivity index (χ1v) is 11.8. The fourth-order valence-electron chi connectivity index (χ4n) is 5.01. The molecule has 1 saturated heterocycles. The van der Waals surface area contributed by atoms with Crippen molar-refractivity contribution in [1.29, 1.82) is 0 Å². The normalized spacial score (nSPS) is 19.5. The number of carbonyl (C=O) groups is 2. The number of carbonyl (C=O) groups excluding carboxylic acids is 2. The molecule has 0 saturated carbocycles. The molecule has 174 valence electrons. The zero-order valence-electron chi connectivity index (χ0n) is 19.4. The van der Waals surface area contributed by atoms with Gasteiger partial charge < -0.3 is 24.6 Å². The minimum absolute atomic E-state index is 0.0441. The Bertz CT molecular complexity index is 1080. The molecular formula is C26H31N3O4. The molecule has 0 aliphatic carbocycles. The topological polar surface area (TPSA) is 71.1 Å². The van der Waals surface area contributed by atoms with Gasteiger partial charge in [-0.15, -0.1) is 0 Å². The first-order valence-electron chi connectivity index (χ1n) is 11.8. The number of hydrogen-bond acceptors (Lipinski definition) is 5. The predicted octanol–water partition coefficient (Wildman–Crippen LogP) is 2.67. The molecule has 33 heavy (non-hydrogen) atoms. The summed E-state index contributed by atoms with van der Waals surface area (Å²) in [5.41, 5.74) is 5.85. The van der Waals surface area contributed by atoms with Gasteiger partial charge in [0.25, 0.3) is 5.91 Å². The summed E-state index contributed by atoms with van der Waals surface area (Å²) < 4.78 is 10.6. The van der Waals surface area contributed by atoms with Gasteiger partial charge in [-0.05, 0) is 73.7 Å². The van der Waals surface area contributed by atoms with E-state index in [1.165, 1.54) is 22.3 Å². The molecular weight excluding hydrogens is 418 g/mol. The summed E-state index contributed by atoms with van der Waals surface area (Å²) in [6, 6.07) is 9.74. The fourth-order valence-corrected chi connectivity index (χ4v) is 5.01. The number of nitrogens with zero attached hydrogens (tertiary/aromatic N) is 2. The van der Waals surface area contributed by atoms with Crippen LogP contribution in [0.5, 0.6) is 11.5 Å². The Labute approximate surface area is 194 Å². The van der Waals surface area contributed by atoms with E-state index in [4.69, 9.17) is 9.47 Å². The van der Waals surface area contributed by atoms with Crippen LogP contribution in [-0.4, -0.2) is 61.1 Å². The molecule has 0 aromatic heterocycles. The highest BCUT2D eigenvalue weighted by molar-refractivity contribution is 5.94. The SMILES string of the molecule is Cc1cc2c(cc1C)CN(C(=O)[C@@H]1CCN(CCNC(=O)c3ccc4c(c3)OCO4)C1)CC2. The highest BCUT2D eigenvalue weighted by Crippen LogP contribution is 2.32. The summed E-state index contributed by atoms with van der Waals surface area (Å²) >= 11 is 0. The van der Waals surface area contributed by atoms with Crippen LogP contribution >= 0.6 is 0 Å². The van der Waals surface area contributed by atoms with Crippen molar-refractivity contribution in [2.75, 3.05) is 39.5 Å². The average Bonchev–Trinajstić information content (AvgIpc) is 3.48. The van der Waals surface area contributed by atoms with E-state index in [2.05, 4.69) is 36.2 Å². The molecule has 0 radical (unpaired) electrons.